The van der Waals surface area contributed by atoms with Gasteiger partial charge in [0.15, 0.2) is 6.23 Å². The first-order chi connectivity index (χ1) is 15.0. The van der Waals surface area contributed by atoms with Crippen LogP contribution in [0.15, 0.2) is 35.7 Å². The third-order valence-corrected chi connectivity index (χ3v) is 6.59. The van der Waals surface area contributed by atoms with Gasteiger partial charge >= 0.3 is 6.09 Å². The molecule has 8 nitrogen and oxygen atoms in total. The Morgan fingerprint density at radius 2 is 2.03 bits per heavy atom. The van der Waals surface area contributed by atoms with E-state index in [1.54, 1.807) is 41.4 Å². The van der Waals surface area contributed by atoms with Crippen LogP contribution in [-0.2, 0) is 11.3 Å². The number of hydrogen-bond donors (Lipinski definition) is 2. The Kier molecular flexibility index (Phi) is 6.24. The smallest absolute Gasteiger partial charge is 0.409 e. The van der Waals surface area contributed by atoms with E-state index in [1.165, 1.54) is 4.90 Å². The number of nitrogens with zero attached hydrogens (tertiary/aromatic N) is 2. The Morgan fingerprint density at radius 3 is 2.71 bits per heavy atom. The zero-order chi connectivity index (χ0) is 22.0. The van der Waals surface area contributed by atoms with E-state index in [9.17, 15) is 19.5 Å². The summed E-state index contributed by atoms with van der Waals surface area (Å²) in [4.78, 5) is 41.6. The minimum Gasteiger partial charge on any atom is -0.450 e. The number of aliphatic hydroxyl groups excluding tert-OH is 1. The van der Waals surface area contributed by atoms with E-state index in [1.807, 2.05) is 17.5 Å². The van der Waals surface area contributed by atoms with Gasteiger partial charge in [0.05, 0.1) is 13.2 Å². The Bertz CT molecular complexity index is 970. The van der Waals surface area contributed by atoms with E-state index in [2.05, 4.69) is 5.32 Å². The summed E-state index contributed by atoms with van der Waals surface area (Å²) in [5.41, 5.74) is 1.24. The molecule has 1 unspecified atom stereocenters. The molecule has 2 aliphatic heterocycles. The molecular formula is C22H25N3O5S. The van der Waals surface area contributed by atoms with E-state index in [-0.39, 0.29) is 23.9 Å². The van der Waals surface area contributed by atoms with Gasteiger partial charge in [-0.25, -0.2) is 4.79 Å². The lowest BCUT2D eigenvalue weighted by atomic mass is 10.0. The number of hydrogen-bond acceptors (Lipinski definition) is 6. The third kappa shape index (κ3) is 4.28. The molecule has 1 aromatic heterocycles. The second kappa shape index (κ2) is 9.07. The van der Waals surface area contributed by atoms with Gasteiger partial charge < -0.3 is 25.0 Å². The molecule has 0 radical (unpaired) electrons. The number of fused-ring (bicyclic) bond motifs is 1. The number of carbonyl (C=O) groups excluding carboxylic acids is 3. The fourth-order valence-electron chi connectivity index (χ4n) is 4.10. The Balaban J connectivity index is 1.42. The summed E-state index contributed by atoms with van der Waals surface area (Å²) in [7, 11) is 0. The number of amides is 3. The van der Waals surface area contributed by atoms with E-state index >= 15 is 0 Å². The van der Waals surface area contributed by atoms with Crippen molar-refractivity contribution in [2.24, 2.45) is 0 Å². The van der Waals surface area contributed by atoms with Crippen LogP contribution >= 0.6 is 11.3 Å². The van der Waals surface area contributed by atoms with Gasteiger partial charge in [-0.05, 0) is 43.3 Å². The monoisotopic (exact) mass is 443 g/mol. The number of likely N-dealkylation sites (tertiary alicyclic amines) is 1. The van der Waals surface area contributed by atoms with Gasteiger partial charge in [-0.2, -0.15) is 0 Å². The minimum absolute atomic E-state index is 0.184. The number of ether oxygens (including phenoxy) is 1. The molecule has 164 valence electrons. The quantitative estimate of drug-likeness (QED) is 0.740. The number of thiophene rings is 1. The van der Waals surface area contributed by atoms with Crippen LogP contribution < -0.4 is 5.32 Å². The summed E-state index contributed by atoms with van der Waals surface area (Å²) in [5, 5.41) is 15.6. The number of aliphatic hydroxyl groups is 1. The van der Waals surface area contributed by atoms with E-state index in [0.717, 1.165) is 4.88 Å². The van der Waals surface area contributed by atoms with Crippen LogP contribution in [-0.4, -0.2) is 58.6 Å². The van der Waals surface area contributed by atoms with Crippen LogP contribution in [0.2, 0.25) is 0 Å². The van der Waals surface area contributed by atoms with Gasteiger partial charge in [-0.3, -0.25) is 9.59 Å². The molecule has 31 heavy (non-hydrogen) atoms. The molecule has 0 aliphatic carbocycles. The second-order valence-electron chi connectivity index (χ2n) is 7.57. The van der Waals surface area contributed by atoms with Gasteiger partial charge in [-0.1, -0.05) is 12.1 Å². The molecule has 0 saturated carbocycles. The predicted molar refractivity (Wildman–Crippen MR) is 115 cm³/mol. The highest BCUT2D eigenvalue weighted by Crippen LogP contribution is 2.36. The summed E-state index contributed by atoms with van der Waals surface area (Å²) in [5.74, 6) is -0.551. The lowest BCUT2D eigenvalue weighted by Crippen LogP contribution is -2.48. The number of benzene rings is 1. The van der Waals surface area contributed by atoms with Gasteiger partial charge in [0.2, 0.25) is 0 Å². The molecule has 2 N–H and O–H groups in total. The van der Waals surface area contributed by atoms with E-state index in [4.69, 9.17) is 4.74 Å². The zero-order valence-electron chi connectivity index (χ0n) is 17.2. The first-order valence-corrected chi connectivity index (χ1v) is 11.2. The summed E-state index contributed by atoms with van der Waals surface area (Å²) >= 11 is 1.56. The highest BCUT2D eigenvalue weighted by molar-refractivity contribution is 7.09. The van der Waals surface area contributed by atoms with Gasteiger partial charge in [0, 0.05) is 40.7 Å². The molecule has 2 aromatic rings. The fraction of sp³-hybridized carbons (Fsp3) is 0.409. The van der Waals surface area contributed by atoms with Crippen molar-refractivity contribution in [3.8, 4) is 0 Å². The van der Waals surface area contributed by atoms with E-state index in [0.29, 0.717) is 55.8 Å². The zero-order valence-corrected chi connectivity index (χ0v) is 18.1. The summed E-state index contributed by atoms with van der Waals surface area (Å²) in [6.07, 6.45) is -0.284. The third-order valence-electron chi connectivity index (χ3n) is 5.71. The van der Waals surface area contributed by atoms with Gasteiger partial charge in [-0.15, -0.1) is 11.3 Å². The molecule has 1 saturated heterocycles. The fourth-order valence-corrected chi connectivity index (χ4v) is 4.74. The maximum atomic E-state index is 13.1. The predicted octanol–water partition coefficient (Wildman–Crippen LogP) is 2.75. The van der Waals surface area contributed by atoms with Crippen molar-refractivity contribution in [1.29, 1.82) is 0 Å². The molecule has 3 heterocycles. The topological polar surface area (TPSA) is 99.2 Å². The second-order valence-corrected chi connectivity index (χ2v) is 8.60. The Hall–Kier alpha value is -2.91. The number of nitrogens with one attached hydrogen (secondary N) is 1. The maximum absolute atomic E-state index is 13.1. The highest BCUT2D eigenvalue weighted by atomic mass is 32.1. The molecule has 0 spiro atoms. The molecule has 0 bridgehead atoms. The normalized spacial score (nSPS) is 18.8. The molecule has 1 aromatic carbocycles. The van der Waals surface area contributed by atoms with Crippen LogP contribution in [0.25, 0.3) is 0 Å². The number of piperidine rings is 1. The Morgan fingerprint density at radius 1 is 1.26 bits per heavy atom. The largest absolute Gasteiger partial charge is 0.450 e. The molecule has 3 amide bonds. The SMILES string of the molecule is CCOC(=O)N1CCC(N2C(=O)c3cc(C(=O)NCc4cccs4)ccc3C2O)CC1. The summed E-state index contributed by atoms with van der Waals surface area (Å²) in [6.45, 7) is 3.44. The van der Waals surface area contributed by atoms with Crippen molar-refractivity contribution < 1.29 is 24.2 Å². The minimum atomic E-state index is -1.05. The van der Waals surface area contributed by atoms with Crippen LogP contribution in [0.4, 0.5) is 4.79 Å². The van der Waals surface area contributed by atoms with Gasteiger partial charge in [0.1, 0.15) is 0 Å². The van der Waals surface area contributed by atoms with E-state index < -0.39 is 6.23 Å². The standard InChI is InChI=1S/C22H25N3O5S/c1-2-30-22(29)24-9-7-15(8-10-24)25-20(27)17-6-5-14(12-18(17)21(25)28)19(26)23-13-16-4-3-11-31-16/h3-6,11-12,15,20,27H,2,7-10,13H2,1H3,(H,23,26). The van der Waals surface area contributed by atoms with Crippen LogP contribution in [0.3, 0.4) is 0 Å². The maximum Gasteiger partial charge on any atom is 0.409 e. The molecule has 2 aliphatic rings. The summed E-state index contributed by atoms with van der Waals surface area (Å²) < 4.78 is 5.03. The van der Waals surface area contributed by atoms with Crippen molar-refractivity contribution in [1.82, 2.24) is 15.1 Å². The first kappa shape index (κ1) is 21.3. The molecule has 4 rings (SSSR count). The molecule has 9 heteroatoms. The molecule has 1 fully saturated rings. The molecule has 1 atom stereocenters. The van der Waals surface area contributed by atoms with Crippen LogP contribution in [0.1, 0.15) is 57.1 Å². The summed E-state index contributed by atoms with van der Waals surface area (Å²) in [6, 6.07) is 8.51. The highest BCUT2D eigenvalue weighted by Gasteiger charge is 2.41. The first-order valence-electron chi connectivity index (χ1n) is 10.4. The average Bonchev–Trinajstić information content (AvgIpc) is 3.39. The van der Waals surface area contributed by atoms with Crippen molar-refractivity contribution in [2.45, 2.75) is 38.6 Å². The van der Waals surface area contributed by atoms with Crippen molar-refractivity contribution in [3.63, 3.8) is 0 Å². The Labute approximate surface area is 184 Å². The van der Waals surface area contributed by atoms with Crippen molar-refractivity contribution in [3.05, 3.63) is 57.3 Å². The van der Waals surface area contributed by atoms with Crippen LogP contribution in [0.5, 0.6) is 0 Å². The lowest BCUT2D eigenvalue weighted by Gasteiger charge is -2.37. The lowest BCUT2D eigenvalue weighted by molar-refractivity contribution is -0.0167. The van der Waals surface area contributed by atoms with Crippen molar-refractivity contribution in [2.75, 3.05) is 19.7 Å². The van der Waals surface area contributed by atoms with Gasteiger partial charge in [0.25, 0.3) is 11.8 Å². The van der Waals surface area contributed by atoms with Crippen LogP contribution in [0, 0.1) is 0 Å². The average molecular weight is 444 g/mol. The van der Waals surface area contributed by atoms with Crippen molar-refractivity contribution >= 4 is 29.2 Å². The number of rotatable bonds is 5. The number of carbonyl (C=O) groups is 3. The molecular weight excluding hydrogens is 418 g/mol.